The summed E-state index contributed by atoms with van der Waals surface area (Å²) in [5.41, 5.74) is 6.41. The molecule has 0 saturated carbocycles. The van der Waals surface area contributed by atoms with Crippen LogP contribution in [0, 0.1) is 6.92 Å². The first-order valence-corrected chi connectivity index (χ1v) is 5.64. The molecule has 0 aliphatic carbocycles. The highest BCUT2D eigenvalue weighted by molar-refractivity contribution is 5.40. The molecule has 1 aromatic rings. The van der Waals surface area contributed by atoms with Crippen molar-refractivity contribution in [3.05, 3.63) is 11.8 Å². The zero-order chi connectivity index (χ0) is 12.0. The predicted octanol–water partition coefficient (Wildman–Crippen LogP) is 1.33. The van der Waals surface area contributed by atoms with E-state index in [2.05, 4.69) is 22.2 Å². The van der Waals surface area contributed by atoms with E-state index in [1.165, 1.54) is 0 Å². The van der Waals surface area contributed by atoms with Gasteiger partial charge in [-0.1, -0.05) is 13.3 Å². The summed E-state index contributed by atoms with van der Waals surface area (Å²) in [5, 5.41) is 12.2. The van der Waals surface area contributed by atoms with Crippen LogP contribution < -0.4 is 11.1 Å². The molecule has 0 spiro atoms. The fourth-order valence-corrected chi connectivity index (χ4v) is 1.67. The second kappa shape index (κ2) is 6.27. The lowest BCUT2D eigenvalue weighted by Gasteiger charge is -2.17. The van der Waals surface area contributed by atoms with Crippen LogP contribution in [0.4, 0.5) is 11.8 Å². The van der Waals surface area contributed by atoms with Crippen LogP contribution in [0.2, 0.25) is 0 Å². The SMILES string of the molecule is CCC[C@@H](CCO)Nc1cc(C)nc(N)n1. The van der Waals surface area contributed by atoms with Crippen molar-refractivity contribution in [2.24, 2.45) is 0 Å². The molecule has 0 aliphatic rings. The molecule has 1 rings (SSSR count). The zero-order valence-corrected chi connectivity index (χ0v) is 9.90. The van der Waals surface area contributed by atoms with Gasteiger partial charge in [0.25, 0.3) is 0 Å². The molecule has 0 amide bonds. The quantitative estimate of drug-likeness (QED) is 0.679. The molecule has 0 fully saturated rings. The molecule has 0 aromatic carbocycles. The van der Waals surface area contributed by atoms with E-state index < -0.39 is 0 Å². The van der Waals surface area contributed by atoms with Crippen LogP contribution in [-0.4, -0.2) is 27.7 Å². The third kappa shape index (κ3) is 4.02. The highest BCUT2D eigenvalue weighted by Crippen LogP contribution is 2.12. The van der Waals surface area contributed by atoms with Crippen LogP contribution in [0.3, 0.4) is 0 Å². The van der Waals surface area contributed by atoms with Crippen molar-refractivity contribution >= 4 is 11.8 Å². The number of anilines is 2. The van der Waals surface area contributed by atoms with Crippen LogP contribution in [0.1, 0.15) is 31.9 Å². The number of aliphatic hydroxyl groups excluding tert-OH is 1. The highest BCUT2D eigenvalue weighted by Gasteiger charge is 2.08. The van der Waals surface area contributed by atoms with E-state index in [1.807, 2.05) is 13.0 Å². The zero-order valence-electron chi connectivity index (χ0n) is 9.90. The van der Waals surface area contributed by atoms with Crippen molar-refractivity contribution in [3.8, 4) is 0 Å². The van der Waals surface area contributed by atoms with Gasteiger partial charge in [0.05, 0.1) is 0 Å². The largest absolute Gasteiger partial charge is 0.396 e. The summed E-state index contributed by atoms with van der Waals surface area (Å²) in [4.78, 5) is 8.12. The first-order valence-electron chi connectivity index (χ1n) is 5.64. The molecule has 16 heavy (non-hydrogen) atoms. The number of nitrogens with two attached hydrogens (primary N) is 1. The number of hydrogen-bond acceptors (Lipinski definition) is 5. The Hall–Kier alpha value is -1.36. The van der Waals surface area contributed by atoms with Crippen molar-refractivity contribution in [1.29, 1.82) is 0 Å². The Morgan fingerprint density at radius 2 is 2.19 bits per heavy atom. The monoisotopic (exact) mass is 224 g/mol. The minimum absolute atomic E-state index is 0.178. The van der Waals surface area contributed by atoms with Gasteiger partial charge in [0.2, 0.25) is 5.95 Å². The summed E-state index contributed by atoms with van der Waals surface area (Å²) in [6.45, 7) is 4.17. The molecule has 1 atom stereocenters. The van der Waals surface area contributed by atoms with Crippen LogP contribution in [0.25, 0.3) is 0 Å². The van der Waals surface area contributed by atoms with E-state index in [4.69, 9.17) is 10.8 Å². The van der Waals surface area contributed by atoms with E-state index in [9.17, 15) is 0 Å². The average molecular weight is 224 g/mol. The van der Waals surface area contributed by atoms with Crippen LogP contribution in [0.15, 0.2) is 6.07 Å². The van der Waals surface area contributed by atoms with Gasteiger partial charge in [-0.3, -0.25) is 0 Å². The molecule has 90 valence electrons. The molecule has 1 heterocycles. The third-order valence-electron chi connectivity index (χ3n) is 2.34. The van der Waals surface area contributed by atoms with Gasteiger partial charge in [-0.2, -0.15) is 4.98 Å². The van der Waals surface area contributed by atoms with Gasteiger partial charge < -0.3 is 16.2 Å². The van der Waals surface area contributed by atoms with Gasteiger partial charge in [0.1, 0.15) is 5.82 Å². The molecular weight excluding hydrogens is 204 g/mol. The normalized spacial score (nSPS) is 12.4. The number of aryl methyl sites for hydroxylation is 1. The minimum atomic E-state index is 0.178. The van der Waals surface area contributed by atoms with Crippen LogP contribution in [-0.2, 0) is 0 Å². The number of nitrogens with one attached hydrogen (secondary N) is 1. The number of nitrogens with zero attached hydrogens (tertiary/aromatic N) is 2. The van der Waals surface area contributed by atoms with Crippen molar-refractivity contribution in [3.63, 3.8) is 0 Å². The summed E-state index contributed by atoms with van der Waals surface area (Å²) in [7, 11) is 0. The van der Waals surface area contributed by atoms with Gasteiger partial charge in [-0.15, -0.1) is 0 Å². The Kier molecular flexibility index (Phi) is 4.98. The number of aromatic nitrogens is 2. The molecule has 0 saturated heterocycles. The second-order valence-electron chi connectivity index (χ2n) is 3.89. The number of hydrogen-bond donors (Lipinski definition) is 3. The molecule has 1 aromatic heterocycles. The molecule has 0 unspecified atom stereocenters. The van der Waals surface area contributed by atoms with Crippen molar-refractivity contribution < 1.29 is 5.11 Å². The fourth-order valence-electron chi connectivity index (χ4n) is 1.67. The lowest BCUT2D eigenvalue weighted by molar-refractivity contribution is 0.276. The van der Waals surface area contributed by atoms with E-state index in [-0.39, 0.29) is 18.6 Å². The Morgan fingerprint density at radius 3 is 2.75 bits per heavy atom. The van der Waals surface area contributed by atoms with Gasteiger partial charge in [0, 0.05) is 24.4 Å². The Bertz CT molecular complexity index is 304. The lowest BCUT2D eigenvalue weighted by Crippen LogP contribution is -2.21. The smallest absolute Gasteiger partial charge is 0.222 e. The molecule has 0 aliphatic heterocycles. The van der Waals surface area contributed by atoms with E-state index in [1.54, 1.807) is 0 Å². The molecule has 0 bridgehead atoms. The standard InChI is InChI=1S/C11H20N4O/c1-3-4-9(5-6-16)14-10-7-8(2)13-11(12)15-10/h7,9,16H,3-6H2,1-2H3,(H3,12,13,14,15)/t9-/m0/s1. The Labute approximate surface area is 96.1 Å². The number of aliphatic hydroxyl groups is 1. The number of nitrogen functional groups attached to an aromatic ring is 1. The Balaban J connectivity index is 2.68. The van der Waals surface area contributed by atoms with Crippen molar-refractivity contribution in [2.75, 3.05) is 17.7 Å². The molecule has 5 nitrogen and oxygen atoms in total. The van der Waals surface area contributed by atoms with E-state index in [0.717, 1.165) is 30.8 Å². The predicted molar refractivity (Wildman–Crippen MR) is 65.2 cm³/mol. The van der Waals surface area contributed by atoms with Crippen molar-refractivity contribution in [1.82, 2.24) is 9.97 Å². The van der Waals surface area contributed by atoms with Gasteiger partial charge in [-0.05, 0) is 19.8 Å². The number of rotatable bonds is 6. The summed E-state index contributed by atoms with van der Waals surface area (Å²) in [6, 6.07) is 2.10. The van der Waals surface area contributed by atoms with Gasteiger partial charge in [-0.25, -0.2) is 4.98 Å². The topological polar surface area (TPSA) is 84.1 Å². The lowest BCUT2D eigenvalue weighted by atomic mass is 10.1. The van der Waals surface area contributed by atoms with Gasteiger partial charge >= 0.3 is 0 Å². The van der Waals surface area contributed by atoms with Gasteiger partial charge in [0.15, 0.2) is 0 Å². The van der Waals surface area contributed by atoms with E-state index >= 15 is 0 Å². The first-order chi connectivity index (χ1) is 7.65. The summed E-state index contributed by atoms with van der Waals surface area (Å²) in [5.74, 6) is 1.01. The maximum absolute atomic E-state index is 8.95. The molecule has 0 radical (unpaired) electrons. The van der Waals surface area contributed by atoms with E-state index in [0.29, 0.717) is 0 Å². The highest BCUT2D eigenvalue weighted by atomic mass is 16.3. The summed E-state index contributed by atoms with van der Waals surface area (Å²) < 4.78 is 0. The molecule has 4 N–H and O–H groups in total. The fraction of sp³-hybridized carbons (Fsp3) is 0.636. The second-order valence-corrected chi connectivity index (χ2v) is 3.89. The summed E-state index contributed by atoms with van der Waals surface area (Å²) >= 11 is 0. The Morgan fingerprint density at radius 1 is 1.44 bits per heavy atom. The summed E-state index contributed by atoms with van der Waals surface area (Å²) in [6.07, 6.45) is 2.79. The minimum Gasteiger partial charge on any atom is -0.396 e. The van der Waals surface area contributed by atoms with Crippen LogP contribution in [0.5, 0.6) is 0 Å². The molecule has 5 heteroatoms. The maximum Gasteiger partial charge on any atom is 0.222 e. The third-order valence-corrected chi connectivity index (χ3v) is 2.34. The van der Waals surface area contributed by atoms with Crippen LogP contribution >= 0.6 is 0 Å². The maximum atomic E-state index is 8.95. The first kappa shape index (κ1) is 12.7. The van der Waals surface area contributed by atoms with Crippen molar-refractivity contribution in [2.45, 2.75) is 39.2 Å². The molecular formula is C11H20N4O. The average Bonchev–Trinajstić information content (AvgIpc) is 2.16.